The van der Waals surface area contributed by atoms with Crippen molar-refractivity contribution < 1.29 is 19.5 Å². The Morgan fingerprint density at radius 3 is 2.67 bits per heavy atom. The second-order valence-electron chi connectivity index (χ2n) is 6.40. The molecule has 1 N–H and O–H groups in total. The minimum absolute atomic E-state index is 0.0949. The van der Waals surface area contributed by atoms with Gasteiger partial charge in [-0.25, -0.2) is 4.98 Å². The van der Waals surface area contributed by atoms with E-state index in [1.165, 1.54) is 18.2 Å². The summed E-state index contributed by atoms with van der Waals surface area (Å²) in [5.74, 6) is 0.760. The normalized spacial score (nSPS) is 24.6. The average molecular weight is 330 g/mol. The zero-order chi connectivity index (χ0) is 17.5. The number of hydrogen-bond donors (Lipinski definition) is 1. The highest BCUT2D eigenvalue weighted by molar-refractivity contribution is 5.48. The summed E-state index contributed by atoms with van der Waals surface area (Å²) in [4.78, 5) is 14.7. The third kappa shape index (κ3) is 2.56. The van der Waals surface area contributed by atoms with E-state index < -0.39 is 22.2 Å². The number of nitrogens with zero attached hydrogens (tertiary/aromatic N) is 2. The first-order valence-electron chi connectivity index (χ1n) is 7.50. The Labute approximate surface area is 139 Å². The molecule has 1 aliphatic heterocycles. The van der Waals surface area contributed by atoms with Crippen LogP contribution in [0.4, 0.5) is 5.69 Å². The van der Waals surface area contributed by atoms with Crippen LogP contribution >= 0.6 is 0 Å². The molecular weight excluding hydrogens is 312 g/mol. The molecule has 0 bridgehead atoms. The van der Waals surface area contributed by atoms with Crippen molar-refractivity contribution in [2.45, 2.75) is 38.1 Å². The van der Waals surface area contributed by atoms with Crippen LogP contribution < -0.4 is 9.47 Å². The standard InChI is InChI=1S/C17H18N2O5/c1-16(2)17(3,20)15(23-14-6-4-5-9-18-14)12-10-11(19(21)22)7-8-13(12)24-16/h4-10,15,20H,1-3H3. The van der Waals surface area contributed by atoms with Crippen LogP contribution in [0.25, 0.3) is 0 Å². The molecule has 7 heteroatoms. The number of hydrogen-bond acceptors (Lipinski definition) is 6. The lowest BCUT2D eigenvalue weighted by molar-refractivity contribution is -0.385. The summed E-state index contributed by atoms with van der Waals surface area (Å²) in [5, 5.41) is 22.1. The molecule has 0 spiro atoms. The molecule has 1 aromatic heterocycles. The van der Waals surface area contributed by atoms with Gasteiger partial charge in [-0.3, -0.25) is 10.1 Å². The molecule has 7 nitrogen and oxygen atoms in total. The van der Waals surface area contributed by atoms with E-state index in [0.717, 1.165) is 0 Å². The minimum Gasteiger partial charge on any atom is -0.484 e. The molecule has 24 heavy (non-hydrogen) atoms. The van der Waals surface area contributed by atoms with Crippen LogP contribution in [-0.2, 0) is 0 Å². The lowest BCUT2D eigenvalue weighted by atomic mass is 9.77. The van der Waals surface area contributed by atoms with E-state index in [2.05, 4.69) is 4.98 Å². The van der Waals surface area contributed by atoms with E-state index in [0.29, 0.717) is 17.2 Å². The highest BCUT2D eigenvalue weighted by atomic mass is 16.6. The molecule has 0 amide bonds. The van der Waals surface area contributed by atoms with E-state index in [-0.39, 0.29) is 5.69 Å². The smallest absolute Gasteiger partial charge is 0.270 e. The van der Waals surface area contributed by atoms with Gasteiger partial charge in [0.1, 0.15) is 17.0 Å². The van der Waals surface area contributed by atoms with Crippen molar-refractivity contribution in [2.75, 3.05) is 0 Å². The summed E-state index contributed by atoms with van der Waals surface area (Å²) >= 11 is 0. The third-order valence-corrected chi connectivity index (χ3v) is 4.46. The molecule has 0 saturated carbocycles. The SMILES string of the molecule is CC1(C)Oc2ccc([N+](=O)[O-])cc2C(Oc2ccccn2)C1(C)O. The monoisotopic (exact) mass is 330 g/mol. The first-order valence-corrected chi connectivity index (χ1v) is 7.50. The number of nitro benzene ring substituents is 1. The summed E-state index contributed by atoms with van der Waals surface area (Å²) in [7, 11) is 0. The zero-order valence-corrected chi connectivity index (χ0v) is 13.6. The molecule has 2 unspecified atom stereocenters. The Hall–Kier alpha value is -2.67. The van der Waals surface area contributed by atoms with Gasteiger partial charge in [-0.2, -0.15) is 0 Å². The van der Waals surface area contributed by atoms with Crippen molar-refractivity contribution in [3.05, 3.63) is 58.3 Å². The fourth-order valence-corrected chi connectivity index (χ4v) is 2.66. The summed E-state index contributed by atoms with van der Waals surface area (Å²) < 4.78 is 11.8. The Kier molecular flexibility index (Phi) is 3.68. The highest BCUT2D eigenvalue weighted by Crippen LogP contribution is 2.48. The van der Waals surface area contributed by atoms with E-state index in [1.807, 2.05) is 0 Å². The molecule has 1 aliphatic rings. The number of non-ortho nitro benzene ring substituents is 1. The minimum atomic E-state index is -1.44. The summed E-state index contributed by atoms with van der Waals surface area (Å²) in [6, 6.07) is 9.43. The lowest BCUT2D eigenvalue weighted by Gasteiger charge is -2.48. The Balaban J connectivity index is 2.12. The topological polar surface area (TPSA) is 94.7 Å². The number of aliphatic hydroxyl groups is 1. The molecule has 0 radical (unpaired) electrons. The maximum Gasteiger partial charge on any atom is 0.270 e. The molecule has 0 aliphatic carbocycles. The van der Waals surface area contributed by atoms with Crippen molar-refractivity contribution in [1.29, 1.82) is 0 Å². The predicted octanol–water partition coefficient (Wildman–Crippen LogP) is 3.03. The molecule has 0 fully saturated rings. The molecule has 3 rings (SSSR count). The summed E-state index contributed by atoms with van der Waals surface area (Å²) in [6.07, 6.45) is 0.703. The van der Waals surface area contributed by atoms with Gasteiger partial charge in [-0.1, -0.05) is 6.07 Å². The Morgan fingerprint density at radius 2 is 2.04 bits per heavy atom. The largest absolute Gasteiger partial charge is 0.484 e. The van der Waals surface area contributed by atoms with Gasteiger partial charge in [-0.05, 0) is 32.9 Å². The Morgan fingerprint density at radius 1 is 1.29 bits per heavy atom. The predicted molar refractivity (Wildman–Crippen MR) is 86.0 cm³/mol. The van der Waals surface area contributed by atoms with Crippen molar-refractivity contribution in [3.8, 4) is 11.6 Å². The number of ether oxygens (including phenoxy) is 2. The quantitative estimate of drug-likeness (QED) is 0.686. The lowest BCUT2D eigenvalue weighted by Crippen LogP contribution is -2.59. The molecule has 126 valence electrons. The number of pyridine rings is 1. The van der Waals surface area contributed by atoms with E-state index >= 15 is 0 Å². The van der Waals surface area contributed by atoms with Crippen LogP contribution in [0.1, 0.15) is 32.4 Å². The van der Waals surface area contributed by atoms with Gasteiger partial charge in [0, 0.05) is 30.0 Å². The average Bonchev–Trinajstić information content (AvgIpc) is 2.52. The maximum absolute atomic E-state index is 11.1. The van der Waals surface area contributed by atoms with Crippen LogP contribution in [0.2, 0.25) is 0 Å². The van der Waals surface area contributed by atoms with Crippen LogP contribution in [0, 0.1) is 10.1 Å². The number of aromatic nitrogens is 1. The van der Waals surface area contributed by atoms with Gasteiger partial charge in [0.2, 0.25) is 5.88 Å². The van der Waals surface area contributed by atoms with Crippen LogP contribution in [0.15, 0.2) is 42.6 Å². The number of nitro groups is 1. The van der Waals surface area contributed by atoms with E-state index in [1.54, 1.807) is 45.2 Å². The zero-order valence-electron chi connectivity index (χ0n) is 13.6. The van der Waals surface area contributed by atoms with Crippen LogP contribution in [-0.4, -0.2) is 26.2 Å². The molecule has 2 atom stereocenters. The van der Waals surface area contributed by atoms with E-state index in [4.69, 9.17) is 9.47 Å². The fourth-order valence-electron chi connectivity index (χ4n) is 2.66. The molecule has 2 heterocycles. The molecular formula is C17H18N2O5. The van der Waals surface area contributed by atoms with Gasteiger partial charge in [0.25, 0.3) is 5.69 Å². The van der Waals surface area contributed by atoms with Gasteiger partial charge < -0.3 is 14.6 Å². The highest BCUT2D eigenvalue weighted by Gasteiger charge is 2.54. The molecule has 2 aromatic rings. The van der Waals surface area contributed by atoms with E-state index in [9.17, 15) is 15.2 Å². The van der Waals surface area contributed by atoms with Gasteiger partial charge in [0.05, 0.1) is 4.92 Å². The number of rotatable bonds is 3. The molecule has 1 aromatic carbocycles. The number of fused-ring (bicyclic) bond motifs is 1. The first-order chi connectivity index (χ1) is 11.2. The van der Waals surface area contributed by atoms with Gasteiger partial charge in [0.15, 0.2) is 6.10 Å². The second-order valence-corrected chi connectivity index (χ2v) is 6.40. The van der Waals surface area contributed by atoms with Crippen molar-refractivity contribution in [2.24, 2.45) is 0 Å². The van der Waals surface area contributed by atoms with Crippen molar-refractivity contribution >= 4 is 5.69 Å². The summed E-state index contributed by atoms with van der Waals surface area (Å²) in [5.41, 5.74) is -2.08. The summed E-state index contributed by atoms with van der Waals surface area (Å²) in [6.45, 7) is 5.07. The van der Waals surface area contributed by atoms with Crippen molar-refractivity contribution in [1.82, 2.24) is 4.98 Å². The maximum atomic E-state index is 11.1. The third-order valence-electron chi connectivity index (χ3n) is 4.46. The number of benzene rings is 1. The second kappa shape index (κ2) is 5.45. The van der Waals surface area contributed by atoms with Crippen molar-refractivity contribution in [3.63, 3.8) is 0 Å². The first kappa shape index (κ1) is 16.2. The van der Waals surface area contributed by atoms with Crippen LogP contribution in [0.5, 0.6) is 11.6 Å². The Bertz CT molecular complexity index is 774. The van der Waals surface area contributed by atoms with Gasteiger partial charge in [-0.15, -0.1) is 0 Å². The molecule has 0 saturated heterocycles. The van der Waals surface area contributed by atoms with Crippen LogP contribution in [0.3, 0.4) is 0 Å². The van der Waals surface area contributed by atoms with Gasteiger partial charge >= 0.3 is 0 Å². The fraction of sp³-hybridized carbons (Fsp3) is 0.353.